The number of nitrogens with zero attached hydrogens (tertiary/aromatic N) is 1. The topological polar surface area (TPSA) is 44.4 Å². The first-order valence-electron chi connectivity index (χ1n) is 6.16. The number of carbonyl (C=O) groups is 1. The van der Waals surface area contributed by atoms with E-state index in [0.717, 1.165) is 20.6 Å². The Balaban J connectivity index is 2.05. The Bertz CT molecular complexity index is 614. The molecule has 0 bridgehead atoms. The smallest absolute Gasteiger partial charge is 0.323 e. The molecule has 0 heterocycles. The van der Waals surface area contributed by atoms with Gasteiger partial charge in [0.25, 0.3) is 0 Å². The van der Waals surface area contributed by atoms with Gasteiger partial charge >= 0.3 is 6.03 Å². The second kappa shape index (κ2) is 6.60. The zero-order valence-electron chi connectivity index (χ0n) is 11.4. The average molecular weight is 381 g/mol. The van der Waals surface area contributed by atoms with E-state index in [-0.39, 0.29) is 6.03 Å². The minimum Gasteiger partial charge on any atom is -0.378 e. The van der Waals surface area contributed by atoms with Gasteiger partial charge in [0.05, 0.1) is 5.69 Å². The third-order valence-electron chi connectivity index (χ3n) is 2.74. The summed E-state index contributed by atoms with van der Waals surface area (Å²) in [4.78, 5) is 14.0. The van der Waals surface area contributed by atoms with Crippen molar-refractivity contribution in [2.24, 2.45) is 0 Å². The highest BCUT2D eigenvalue weighted by atomic mass is 127. The molecule has 0 aliphatic rings. The van der Waals surface area contributed by atoms with E-state index in [4.69, 9.17) is 0 Å². The number of hydrogen-bond donors (Lipinski definition) is 2. The van der Waals surface area contributed by atoms with Gasteiger partial charge in [0.1, 0.15) is 0 Å². The Morgan fingerprint density at radius 1 is 1.05 bits per heavy atom. The Hall–Kier alpha value is -1.76. The van der Waals surface area contributed by atoms with Crippen molar-refractivity contribution in [1.29, 1.82) is 0 Å². The Labute approximate surface area is 132 Å². The molecule has 2 N–H and O–H groups in total. The van der Waals surface area contributed by atoms with Gasteiger partial charge in [-0.2, -0.15) is 0 Å². The normalized spacial score (nSPS) is 9.95. The van der Waals surface area contributed by atoms with Crippen molar-refractivity contribution < 1.29 is 4.79 Å². The minimum absolute atomic E-state index is 0.245. The summed E-state index contributed by atoms with van der Waals surface area (Å²) in [6.07, 6.45) is 0. The molecule has 5 heteroatoms. The van der Waals surface area contributed by atoms with Crippen LogP contribution in [0.4, 0.5) is 21.9 Å². The number of urea groups is 1. The Morgan fingerprint density at radius 3 is 2.50 bits per heavy atom. The maximum Gasteiger partial charge on any atom is 0.323 e. The number of para-hydroxylation sites is 1. The molecule has 2 rings (SSSR count). The van der Waals surface area contributed by atoms with Gasteiger partial charge in [-0.1, -0.05) is 18.2 Å². The molecular formula is C15H16IN3O. The maximum atomic E-state index is 12.0. The summed E-state index contributed by atoms with van der Waals surface area (Å²) in [6, 6.07) is 15.1. The molecule has 0 aromatic heterocycles. The number of nitrogens with one attached hydrogen (secondary N) is 2. The van der Waals surface area contributed by atoms with Crippen LogP contribution in [0, 0.1) is 3.57 Å². The van der Waals surface area contributed by atoms with Gasteiger partial charge < -0.3 is 15.5 Å². The predicted molar refractivity (Wildman–Crippen MR) is 92.6 cm³/mol. The summed E-state index contributed by atoms with van der Waals surface area (Å²) >= 11 is 2.19. The van der Waals surface area contributed by atoms with Gasteiger partial charge in [-0.15, -0.1) is 0 Å². The number of amides is 2. The first-order chi connectivity index (χ1) is 9.56. The van der Waals surface area contributed by atoms with E-state index in [9.17, 15) is 4.79 Å². The number of anilines is 3. The average Bonchev–Trinajstić information content (AvgIpc) is 2.41. The molecule has 2 aromatic rings. The maximum absolute atomic E-state index is 12.0. The number of rotatable bonds is 3. The zero-order valence-corrected chi connectivity index (χ0v) is 13.5. The van der Waals surface area contributed by atoms with Crippen molar-refractivity contribution in [3.05, 3.63) is 52.1 Å². The fourth-order valence-electron chi connectivity index (χ4n) is 1.71. The van der Waals surface area contributed by atoms with Gasteiger partial charge in [0.2, 0.25) is 0 Å². The second-order valence-corrected chi connectivity index (χ2v) is 5.67. The van der Waals surface area contributed by atoms with Crippen molar-refractivity contribution in [1.82, 2.24) is 0 Å². The molecular weight excluding hydrogens is 365 g/mol. The zero-order chi connectivity index (χ0) is 14.5. The molecule has 0 fully saturated rings. The molecule has 20 heavy (non-hydrogen) atoms. The lowest BCUT2D eigenvalue weighted by Crippen LogP contribution is -2.20. The van der Waals surface area contributed by atoms with E-state index in [1.54, 1.807) is 0 Å². The van der Waals surface area contributed by atoms with Crippen LogP contribution in [0.15, 0.2) is 48.5 Å². The van der Waals surface area contributed by atoms with Crippen molar-refractivity contribution in [3.63, 3.8) is 0 Å². The molecule has 2 amide bonds. The quantitative estimate of drug-likeness (QED) is 0.790. The predicted octanol–water partition coefficient (Wildman–Crippen LogP) is 4.00. The summed E-state index contributed by atoms with van der Waals surface area (Å²) in [7, 11) is 3.93. The summed E-state index contributed by atoms with van der Waals surface area (Å²) in [6.45, 7) is 0. The summed E-state index contributed by atoms with van der Waals surface area (Å²) in [5, 5.41) is 5.67. The van der Waals surface area contributed by atoms with Crippen LogP contribution >= 0.6 is 22.6 Å². The van der Waals surface area contributed by atoms with Crippen LogP contribution in [-0.2, 0) is 0 Å². The van der Waals surface area contributed by atoms with Gasteiger partial charge in [0, 0.05) is 29.0 Å². The van der Waals surface area contributed by atoms with Crippen LogP contribution in [0.2, 0.25) is 0 Å². The van der Waals surface area contributed by atoms with Crippen LogP contribution < -0.4 is 15.5 Å². The standard InChI is InChI=1S/C15H16IN3O/c1-19(2)12-7-5-6-11(10-12)17-15(20)18-14-9-4-3-8-13(14)16/h3-10H,1-2H3,(H2,17,18,20). The number of benzene rings is 2. The van der Waals surface area contributed by atoms with Crippen LogP contribution in [-0.4, -0.2) is 20.1 Å². The van der Waals surface area contributed by atoms with Crippen LogP contribution in [0.25, 0.3) is 0 Å². The molecule has 0 saturated heterocycles. The second-order valence-electron chi connectivity index (χ2n) is 4.50. The third kappa shape index (κ3) is 3.86. The minimum atomic E-state index is -0.245. The molecule has 0 spiro atoms. The van der Waals surface area contributed by atoms with E-state index < -0.39 is 0 Å². The first kappa shape index (κ1) is 14.6. The molecule has 0 radical (unpaired) electrons. The molecule has 104 valence electrons. The fourth-order valence-corrected chi connectivity index (χ4v) is 2.23. The van der Waals surface area contributed by atoms with E-state index in [0.29, 0.717) is 0 Å². The lowest BCUT2D eigenvalue weighted by atomic mass is 10.2. The largest absolute Gasteiger partial charge is 0.378 e. The van der Waals surface area contributed by atoms with Gasteiger partial charge in [0.15, 0.2) is 0 Å². The van der Waals surface area contributed by atoms with Crippen molar-refractivity contribution in [2.75, 3.05) is 29.6 Å². The van der Waals surface area contributed by atoms with Crippen LogP contribution in [0.5, 0.6) is 0 Å². The van der Waals surface area contributed by atoms with Gasteiger partial charge in [-0.25, -0.2) is 4.79 Å². The van der Waals surface area contributed by atoms with Crippen LogP contribution in [0.1, 0.15) is 0 Å². The molecule has 0 aliphatic carbocycles. The van der Waals surface area contributed by atoms with Gasteiger partial charge in [-0.3, -0.25) is 0 Å². The molecule has 0 unspecified atom stereocenters. The number of halogens is 1. The monoisotopic (exact) mass is 381 g/mol. The van der Waals surface area contributed by atoms with Crippen molar-refractivity contribution in [3.8, 4) is 0 Å². The summed E-state index contributed by atoms with van der Waals surface area (Å²) < 4.78 is 1.00. The number of hydrogen-bond acceptors (Lipinski definition) is 2. The molecule has 0 atom stereocenters. The van der Waals surface area contributed by atoms with E-state index in [1.165, 1.54) is 0 Å². The SMILES string of the molecule is CN(C)c1cccc(NC(=O)Nc2ccccc2I)c1. The van der Waals surface area contributed by atoms with Crippen molar-refractivity contribution >= 4 is 45.7 Å². The third-order valence-corrected chi connectivity index (χ3v) is 3.68. The lowest BCUT2D eigenvalue weighted by Gasteiger charge is -2.14. The number of carbonyl (C=O) groups excluding carboxylic acids is 1. The summed E-state index contributed by atoms with van der Waals surface area (Å²) in [5.74, 6) is 0. The molecule has 2 aromatic carbocycles. The lowest BCUT2D eigenvalue weighted by molar-refractivity contribution is 0.262. The highest BCUT2D eigenvalue weighted by Crippen LogP contribution is 2.19. The highest BCUT2D eigenvalue weighted by molar-refractivity contribution is 14.1. The Kier molecular flexibility index (Phi) is 4.84. The van der Waals surface area contributed by atoms with E-state index >= 15 is 0 Å². The Morgan fingerprint density at radius 2 is 1.80 bits per heavy atom. The highest BCUT2D eigenvalue weighted by Gasteiger charge is 2.05. The fraction of sp³-hybridized carbons (Fsp3) is 0.133. The van der Waals surface area contributed by atoms with E-state index in [1.807, 2.05) is 67.5 Å². The summed E-state index contributed by atoms with van der Waals surface area (Å²) in [5.41, 5.74) is 2.60. The van der Waals surface area contributed by atoms with Crippen LogP contribution in [0.3, 0.4) is 0 Å². The molecule has 0 saturated carbocycles. The first-order valence-corrected chi connectivity index (χ1v) is 7.24. The van der Waals surface area contributed by atoms with Gasteiger partial charge in [-0.05, 0) is 52.9 Å². The van der Waals surface area contributed by atoms with E-state index in [2.05, 4.69) is 33.2 Å². The molecule has 0 aliphatic heterocycles. The molecule has 4 nitrogen and oxygen atoms in total. The van der Waals surface area contributed by atoms with Crippen molar-refractivity contribution in [2.45, 2.75) is 0 Å².